The average Bonchev–Trinajstić information content (AvgIpc) is 3.45. The van der Waals surface area contributed by atoms with Crippen LogP contribution < -0.4 is 0 Å². The minimum absolute atomic E-state index is 0.538. The molecule has 8 nitrogen and oxygen atoms in total. The van der Waals surface area contributed by atoms with Gasteiger partial charge in [0.2, 0.25) is 5.16 Å². The van der Waals surface area contributed by atoms with E-state index in [9.17, 15) is 0 Å². The summed E-state index contributed by atoms with van der Waals surface area (Å²) in [5, 5.41) is 20.0. The van der Waals surface area contributed by atoms with E-state index in [1.165, 1.54) is 23.0 Å². The lowest BCUT2D eigenvalue weighted by Gasteiger charge is -2.07. The molecule has 0 radical (unpaired) electrons. The second-order valence-corrected chi connectivity index (χ2v) is 7.64. The van der Waals surface area contributed by atoms with Gasteiger partial charge in [-0.05, 0) is 39.7 Å². The van der Waals surface area contributed by atoms with E-state index >= 15 is 0 Å². The van der Waals surface area contributed by atoms with E-state index in [0.717, 1.165) is 16.3 Å². The van der Waals surface area contributed by atoms with Crippen LogP contribution in [0.1, 0.15) is 4.88 Å². The Balaban J connectivity index is 1.54. The maximum atomic E-state index is 4.60. The molecule has 0 spiro atoms. The van der Waals surface area contributed by atoms with E-state index in [4.69, 9.17) is 0 Å². The maximum absolute atomic E-state index is 4.60. The van der Waals surface area contributed by atoms with E-state index in [2.05, 4.69) is 36.7 Å². The van der Waals surface area contributed by atoms with Crippen LogP contribution in [0.4, 0.5) is 0 Å². The number of tetrazole rings is 1. The Labute approximate surface area is 161 Å². The Morgan fingerprint density at radius 2 is 2.00 bits per heavy atom. The van der Waals surface area contributed by atoms with Crippen LogP contribution in [0.5, 0.6) is 0 Å². The van der Waals surface area contributed by atoms with Crippen LogP contribution in [-0.2, 0) is 6.54 Å². The molecule has 0 amide bonds. The first kappa shape index (κ1) is 16.1. The molecule has 4 aromatic heterocycles. The van der Waals surface area contributed by atoms with Crippen molar-refractivity contribution in [1.29, 1.82) is 0 Å². The number of hydrogen-bond donors (Lipinski definition) is 0. The van der Waals surface area contributed by atoms with Crippen molar-refractivity contribution in [3.05, 3.63) is 65.1 Å². The van der Waals surface area contributed by atoms with Crippen LogP contribution in [0.3, 0.4) is 0 Å². The molecule has 5 aromatic rings. The molecular weight excluding hydrogens is 380 g/mol. The minimum atomic E-state index is 0.538. The first-order chi connectivity index (χ1) is 13.4. The summed E-state index contributed by atoms with van der Waals surface area (Å²) in [6.45, 7) is 0.629. The van der Waals surface area contributed by atoms with Crippen molar-refractivity contribution < 1.29 is 0 Å². The molecule has 0 atom stereocenters. The van der Waals surface area contributed by atoms with Crippen LogP contribution >= 0.6 is 23.1 Å². The maximum Gasteiger partial charge on any atom is 0.253 e. The molecule has 0 aliphatic heterocycles. The molecule has 0 aliphatic rings. The first-order valence-corrected chi connectivity index (χ1v) is 9.79. The van der Waals surface area contributed by atoms with Gasteiger partial charge in [0, 0.05) is 10.4 Å². The number of fused-ring (bicyclic) bond motifs is 1. The SMILES string of the molecule is c1ccc(-c2cc(Sc3nnnn3Cc3cccs3)n3ncnc3n2)cc1. The molecule has 0 saturated carbocycles. The van der Waals surface area contributed by atoms with Crippen LogP contribution in [0, 0.1) is 0 Å². The third kappa shape index (κ3) is 3.20. The Bertz CT molecular complexity index is 1180. The van der Waals surface area contributed by atoms with Crippen molar-refractivity contribution in [2.24, 2.45) is 0 Å². The highest BCUT2D eigenvalue weighted by Gasteiger charge is 2.15. The van der Waals surface area contributed by atoms with Gasteiger partial charge in [0.1, 0.15) is 11.4 Å². The van der Waals surface area contributed by atoms with Gasteiger partial charge in [-0.15, -0.1) is 16.4 Å². The summed E-state index contributed by atoms with van der Waals surface area (Å²) >= 11 is 3.11. The standard InChI is InChI=1S/C17H12N8S2/c1-2-5-12(6-3-1)14-9-15(25-16(20-14)18-11-19-25)27-17-21-22-23-24(17)10-13-7-4-8-26-13/h1-9,11H,10H2. The van der Waals surface area contributed by atoms with Gasteiger partial charge < -0.3 is 0 Å². The topological polar surface area (TPSA) is 86.7 Å². The fourth-order valence-corrected chi connectivity index (χ4v) is 4.17. The number of rotatable bonds is 5. The molecule has 4 heterocycles. The summed E-state index contributed by atoms with van der Waals surface area (Å²) in [6.07, 6.45) is 1.50. The lowest BCUT2D eigenvalue weighted by molar-refractivity contribution is 0.607. The fourth-order valence-electron chi connectivity index (χ4n) is 2.63. The molecule has 0 saturated heterocycles. The third-order valence-corrected chi connectivity index (χ3v) is 5.71. The van der Waals surface area contributed by atoms with Crippen molar-refractivity contribution in [2.75, 3.05) is 0 Å². The molecule has 0 aliphatic carbocycles. The van der Waals surface area contributed by atoms with Gasteiger partial charge in [-0.1, -0.05) is 36.4 Å². The first-order valence-electron chi connectivity index (χ1n) is 8.09. The van der Waals surface area contributed by atoms with E-state index in [1.807, 2.05) is 47.8 Å². The highest BCUT2D eigenvalue weighted by Crippen LogP contribution is 2.29. The van der Waals surface area contributed by atoms with Gasteiger partial charge in [-0.3, -0.25) is 0 Å². The Kier molecular flexibility index (Phi) is 4.11. The lowest BCUT2D eigenvalue weighted by Crippen LogP contribution is -2.04. The van der Waals surface area contributed by atoms with Gasteiger partial charge in [-0.25, -0.2) is 9.67 Å². The fraction of sp³-hybridized carbons (Fsp3) is 0.0588. The molecule has 10 heteroatoms. The zero-order chi connectivity index (χ0) is 18.1. The summed E-state index contributed by atoms with van der Waals surface area (Å²) in [4.78, 5) is 10.0. The number of nitrogens with zero attached hydrogens (tertiary/aromatic N) is 8. The Morgan fingerprint density at radius 1 is 1.07 bits per heavy atom. The zero-order valence-electron chi connectivity index (χ0n) is 13.9. The van der Waals surface area contributed by atoms with E-state index in [-0.39, 0.29) is 0 Å². The second kappa shape index (κ2) is 6.89. The minimum Gasteiger partial charge on any atom is -0.215 e. The molecule has 0 N–H and O–H groups in total. The number of aromatic nitrogens is 8. The Morgan fingerprint density at radius 3 is 2.85 bits per heavy atom. The van der Waals surface area contributed by atoms with Crippen LogP contribution in [0.25, 0.3) is 17.0 Å². The van der Waals surface area contributed by atoms with Crippen molar-refractivity contribution in [1.82, 2.24) is 39.8 Å². The van der Waals surface area contributed by atoms with Gasteiger partial charge in [-0.2, -0.15) is 14.6 Å². The third-order valence-electron chi connectivity index (χ3n) is 3.87. The highest BCUT2D eigenvalue weighted by atomic mass is 32.2. The molecule has 132 valence electrons. The largest absolute Gasteiger partial charge is 0.253 e. The number of benzene rings is 1. The molecule has 0 bridgehead atoms. The van der Waals surface area contributed by atoms with Crippen LogP contribution in [0.2, 0.25) is 0 Å². The number of thiophene rings is 1. The van der Waals surface area contributed by atoms with Crippen molar-refractivity contribution >= 4 is 28.9 Å². The average molecular weight is 392 g/mol. The molecule has 0 unspecified atom stereocenters. The van der Waals surface area contributed by atoms with E-state index < -0.39 is 0 Å². The highest BCUT2D eigenvalue weighted by molar-refractivity contribution is 7.99. The van der Waals surface area contributed by atoms with Gasteiger partial charge in [0.15, 0.2) is 0 Å². The molecular formula is C17H12N8S2. The normalized spacial score (nSPS) is 11.3. The molecule has 0 fully saturated rings. The van der Waals surface area contributed by atoms with E-state index in [1.54, 1.807) is 20.5 Å². The predicted molar refractivity (Wildman–Crippen MR) is 102 cm³/mol. The summed E-state index contributed by atoms with van der Waals surface area (Å²) in [5.74, 6) is 0.538. The van der Waals surface area contributed by atoms with Crippen molar-refractivity contribution in [2.45, 2.75) is 16.7 Å². The number of hydrogen-bond acceptors (Lipinski definition) is 8. The van der Waals surface area contributed by atoms with Gasteiger partial charge in [0.05, 0.1) is 12.2 Å². The smallest absolute Gasteiger partial charge is 0.215 e. The van der Waals surface area contributed by atoms with Crippen molar-refractivity contribution in [3.63, 3.8) is 0 Å². The second-order valence-electron chi connectivity index (χ2n) is 5.62. The summed E-state index contributed by atoms with van der Waals surface area (Å²) < 4.78 is 3.48. The molecule has 5 rings (SSSR count). The molecule has 27 heavy (non-hydrogen) atoms. The van der Waals surface area contributed by atoms with Crippen LogP contribution in [0.15, 0.2) is 70.4 Å². The van der Waals surface area contributed by atoms with E-state index in [0.29, 0.717) is 17.5 Å². The Hall–Kier alpha value is -3.11. The van der Waals surface area contributed by atoms with Crippen molar-refractivity contribution in [3.8, 4) is 11.3 Å². The van der Waals surface area contributed by atoms with Gasteiger partial charge >= 0.3 is 0 Å². The summed E-state index contributed by atoms with van der Waals surface area (Å²) in [7, 11) is 0. The molecule has 1 aromatic carbocycles. The lowest BCUT2D eigenvalue weighted by atomic mass is 10.1. The zero-order valence-corrected chi connectivity index (χ0v) is 15.5. The monoisotopic (exact) mass is 392 g/mol. The van der Waals surface area contributed by atoms with Crippen LogP contribution in [-0.4, -0.2) is 39.8 Å². The quantitative estimate of drug-likeness (QED) is 0.425. The summed E-state index contributed by atoms with van der Waals surface area (Å²) in [6, 6.07) is 16.1. The summed E-state index contributed by atoms with van der Waals surface area (Å²) in [5.41, 5.74) is 1.85. The van der Waals surface area contributed by atoms with Gasteiger partial charge in [0.25, 0.3) is 5.78 Å². The predicted octanol–water partition coefficient (Wildman–Crippen LogP) is 3.04.